The van der Waals surface area contributed by atoms with Gasteiger partial charge in [0.25, 0.3) is 0 Å². The highest BCUT2D eigenvalue weighted by molar-refractivity contribution is 7.08. The summed E-state index contributed by atoms with van der Waals surface area (Å²) in [6.45, 7) is 4.29. The number of hydrogen-bond donors (Lipinski definition) is 1. The smallest absolute Gasteiger partial charge is 0.244 e. The van der Waals surface area contributed by atoms with Gasteiger partial charge in [0, 0.05) is 18.2 Å². The third-order valence-corrected chi connectivity index (χ3v) is 3.27. The molecule has 94 valence electrons. The molecule has 0 aliphatic rings. The molecule has 0 aliphatic carbocycles. The van der Waals surface area contributed by atoms with Crippen molar-refractivity contribution in [3.8, 4) is 0 Å². The van der Waals surface area contributed by atoms with E-state index in [1.807, 2.05) is 36.7 Å². The van der Waals surface area contributed by atoms with Gasteiger partial charge in [0.15, 0.2) is 0 Å². The van der Waals surface area contributed by atoms with Crippen LogP contribution in [0.1, 0.15) is 22.6 Å². The van der Waals surface area contributed by atoms with Crippen molar-refractivity contribution >= 4 is 23.3 Å². The van der Waals surface area contributed by atoms with Crippen molar-refractivity contribution in [1.29, 1.82) is 0 Å². The highest BCUT2D eigenvalue weighted by Crippen LogP contribution is 2.13. The summed E-state index contributed by atoms with van der Waals surface area (Å²) in [5.41, 5.74) is 2.07. The second-order valence-electron chi connectivity index (χ2n) is 4.05. The Hall–Kier alpha value is -1.81. The molecule has 2 aromatic rings. The van der Waals surface area contributed by atoms with Crippen LogP contribution in [-0.4, -0.2) is 5.91 Å². The Kier molecular flexibility index (Phi) is 3.99. The van der Waals surface area contributed by atoms with E-state index in [0.29, 0.717) is 6.54 Å². The largest absolute Gasteiger partial charge is 0.466 e. The van der Waals surface area contributed by atoms with Crippen molar-refractivity contribution in [3.05, 3.63) is 51.6 Å². The second kappa shape index (κ2) is 5.69. The van der Waals surface area contributed by atoms with Crippen molar-refractivity contribution in [3.63, 3.8) is 0 Å². The number of furan rings is 1. The molecule has 2 rings (SSSR count). The molecule has 0 spiro atoms. The van der Waals surface area contributed by atoms with Crippen LogP contribution in [0, 0.1) is 13.8 Å². The summed E-state index contributed by atoms with van der Waals surface area (Å²) < 4.78 is 5.40. The fourth-order valence-corrected chi connectivity index (χ4v) is 2.27. The monoisotopic (exact) mass is 261 g/mol. The van der Waals surface area contributed by atoms with Crippen LogP contribution in [0.15, 0.2) is 33.4 Å². The van der Waals surface area contributed by atoms with Gasteiger partial charge in [-0.1, -0.05) is 0 Å². The van der Waals surface area contributed by atoms with Crippen LogP contribution >= 0.6 is 11.3 Å². The Balaban J connectivity index is 1.87. The molecule has 0 bridgehead atoms. The molecule has 0 aliphatic heterocycles. The average Bonchev–Trinajstić information content (AvgIpc) is 2.94. The SMILES string of the molecule is Cc1cc(CNC(=O)/C=C/c2ccsc2)c(C)o1. The van der Waals surface area contributed by atoms with Crippen LogP contribution in [0.5, 0.6) is 0 Å². The summed E-state index contributed by atoms with van der Waals surface area (Å²) in [6.07, 6.45) is 3.35. The Bertz CT molecular complexity index is 552. The van der Waals surface area contributed by atoms with E-state index in [-0.39, 0.29) is 5.91 Å². The quantitative estimate of drug-likeness (QED) is 0.858. The number of carbonyl (C=O) groups excluding carboxylic acids is 1. The van der Waals surface area contributed by atoms with Gasteiger partial charge >= 0.3 is 0 Å². The summed E-state index contributed by atoms with van der Waals surface area (Å²) in [5, 5.41) is 6.81. The van der Waals surface area contributed by atoms with E-state index in [9.17, 15) is 4.79 Å². The van der Waals surface area contributed by atoms with Crippen molar-refractivity contribution in [2.24, 2.45) is 0 Å². The van der Waals surface area contributed by atoms with Gasteiger partial charge in [0.1, 0.15) is 11.5 Å². The Morgan fingerprint density at radius 3 is 2.94 bits per heavy atom. The lowest BCUT2D eigenvalue weighted by atomic mass is 10.2. The molecule has 0 atom stereocenters. The summed E-state index contributed by atoms with van der Waals surface area (Å²) in [5.74, 6) is 1.62. The van der Waals surface area contributed by atoms with Crippen LogP contribution in [-0.2, 0) is 11.3 Å². The summed E-state index contributed by atoms with van der Waals surface area (Å²) in [7, 11) is 0. The lowest BCUT2D eigenvalue weighted by Crippen LogP contribution is -2.20. The van der Waals surface area contributed by atoms with Crippen LogP contribution in [0.25, 0.3) is 6.08 Å². The Labute approximate surface area is 110 Å². The predicted octanol–water partition coefficient (Wildman–Crippen LogP) is 3.29. The first kappa shape index (κ1) is 12.6. The van der Waals surface area contributed by atoms with Crippen LogP contribution < -0.4 is 5.32 Å². The average molecular weight is 261 g/mol. The van der Waals surface area contributed by atoms with Gasteiger partial charge in [0.05, 0.1) is 0 Å². The van der Waals surface area contributed by atoms with E-state index in [1.165, 1.54) is 0 Å². The minimum Gasteiger partial charge on any atom is -0.466 e. The Morgan fingerprint density at radius 2 is 2.33 bits per heavy atom. The summed E-state index contributed by atoms with van der Waals surface area (Å²) in [6, 6.07) is 3.91. The van der Waals surface area contributed by atoms with Crippen LogP contribution in [0.2, 0.25) is 0 Å². The lowest BCUT2D eigenvalue weighted by Gasteiger charge is -2.00. The zero-order valence-corrected chi connectivity index (χ0v) is 11.2. The molecular formula is C14H15NO2S. The van der Waals surface area contributed by atoms with E-state index in [0.717, 1.165) is 22.6 Å². The van der Waals surface area contributed by atoms with Gasteiger partial charge in [-0.2, -0.15) is 11.3 Å². The van der Waals surface area contributed by atoms with Gasteiger partial charge in [-0.05, 0) is 48.4 Å². The molecular weight excluding hydrogens is 246 g/mol. The van der Waals surface area contributed by atoms with Gasteiger partial charge in [-0.25, -0.2) is 0 Å². The minimum absolute atomic E-state index is 0.0977. The molecule has 18 heavy (non-hydrogen) atoms. The number of hydrogen-bond acceptors (Lipinski definition) is 3. The molecule has 0 radical (unpaired) electrons. The molecule has 1 amide bonds. The number of carbonyl (C=O) groups is 1. The summed E-state index contributed by atoms with van der Waals surface area (Å²) in [4.78, 5) is 11.6. The molecule has 2 aromatic heterocycles. The predicted molar refractivity (Wildman–Crippen MR) is 73.4 cm³/mol. The topological polar surface area (TPSA) is 42.2 Å². The number of aryl methyl sites for hydroxylation is 2. The van der Waals surface area contributed by atoms with E-state index >= 15 is 0 Å². The molecule has 4 heteroatoms. The minimum atomic E-state index is -0.0977. The molecule has 0 aromatic carbocycles. The van der Waals surface area contributed by atoms with E-state index in [2.05, 4.69) is 5.32 Å². The van der Waals surface area contributed by atoms with Crippen molar-refractivity contribution in [1.82, 2.24) is 5.32 Å². The fraction of sp³-hybridized carbons (Fsp3) is 0.214. The maximum absolute atomic E-state index is 11.6. The Morgan fingerprint density at radius 1 is 1.50 bits per heavy atom. The number of rotatable bonds is 4. The number of thiophene rings is 1. The lowest BCUT2D eigenvalue weighted by molar-refractivity contribution is -0.116. The number of nitrogens with one attached hydrogen (secondary N) is 1. The van der Waals surface area contributed by atoms with E-state index < -0.39 is 0 Å². The maximum atomic E-state index is 11.6. The zero-order chi connectivity index (χ0) is 13.0. The second-order valence-corrected chi connectivity index (χ2v) is 4.83. The molecule has 0 fully saturated rings. The first-order chi connectivity index (χ1) is 8.65. The molecule has 2 heterocycles. The third-order valence-electron chi connectivity index (χ3n) is 2.57. The van der Waals surface area contributed by atoms with Crippen LogP contribution in [0.4, 0.5) is 0 Å². The standard InChI is InChI=1S/C14H15NO2S/c1-10-7-13(11(2)17-10)8-15-14(16)4-3-12-5-6-18-9-12/h3-7,9H,8H2,1-2H3,(H,15,16)/b4-3+. The molecule has 1 N–H and O–H groups in total. The van der Waals surface area contributed by atoms with Crippen LogP contribution in [0.3, 0.4) is 0 Å². The molecule has 0 saturated heterocycles. The van der Waals surface area contributed by atoms with Gasteiger partial charge < -0.3 is 9.73 Å². The first-order valence-corrected chi connectivity index (χ1v) is 6.63. The van der Waals surface area contributed by atoms with Gasteiger partial charge in [-0.3, -0.25) is 4.79 Å². The van der Waals surface area contributed by atoms with Crippen molar-refractivity contribution < 1.29 is 9.21 Å². The molecule has 0 saturated carbocycles. The number of amides is 1. The first-order valence-electron chi connectivity index (χ1n) is 5.69. The van der Waals surface area contributed by atoms with Crippen molar-refractivity contribution in [2.45, 2.75) is 20.4 Å². The van der Waals surface area contributed by atoms with Gasteiger partial charge in [0.2, 0.25) is 5.91 Å². The van der Waals surface area contributed by atoms with Crippen molar-refractivity contribution in [2.75, 3.05) is 0 Å². The molecule has 0 unspecified atom stereocenters. The fourth-order valence-electron chi connectivity index (χ4n) is 1.64. The normalized spacial score (nSPS) is 11.0. The highest BCUT2D eigenvalue weighted by Gasteiger charge is 2.05. The highest BCUT2D eigenvalue weighted by atomic mass is 32.1. The maximum Gasteiger partial charge on any atom is 0.244 e. The summed E-state index contributed by atoms with van der Waals surface area (Å²) >= 11 is 1.61. The zero-order valence-electron chi connectivity index (χ0n) is 10.4. The third kappa shape index (κ3) is 3.34. The molecule has 3 nitrogen and oxygen atoms in total. The van der Waals surface area contributed by atoms with E-state index in [1.54, 1.807) is 23.5 Å². The van der Waals surface area contributed by atoms with Gasteiger partial charge in [-0.15, -0.1) is 0 Å². The van der Waals surface area contributed by atoms with E-state index in [4.69, 9.17) is 4.42 Å².